The van der Waals surface area contributed by atoms with Crippen LogP contribution in [0.15, 0.2) is 36.7 Å². The first-order chi connectivity index (χ1) is 11.2. The summed E-state index contributed by atoms with van der Waals surface area (Å²) in [6, 6.07) is 7.49. The summed E-state index contributed by atoms with van der Waals surface area (Å²) in [7, 11) is 3.19. The van der Waals surface area contributed by atoms with Gasteiger partial charge in [0.05, 0.1) is 20.8 Å². The molecule has 0 saturated carbocycles. The lowest BCUT2D eigenvalue weighted by molar-refractivity contribution is 0.182. The van der Waals surface area contributed by atoms with Crippen LogP contribution in [0, 0.1) is 0 Å². The number of nitrogens with zero attached hydrogens (tertiary/aromatic N) is 2. The molecule has 0 spiro atoms. The van der Waals surface area contributed by atoms with Gasteiger partial charge in [-0.05, 0) is 17.7 Å². The van der Waals surface area contributed by atoms with Gasteiger partial charge in [-0.1, -0.05) is 17.7 Å². The summed E-state index contributed by atoms with van der Waals surface area (Å²) in [5.74, 6) is 1.26. The van der Waals surface area contributed by atoms with Crippen molar-refractivity contribution >= 4 is 11.6 Å². The molecule has 6 heteroatoms. The summed E-state index contributed by atoms with van der Waals surface area (Å²) < 4.78 is 10.8. The molecule has 1 heterocycles. The van der Waals surface area contributed by atoms with E-state index in [2.05, 4.69) is 9.88 Å². The Morgan fingerprint density at radius 3 is 2.65 bits per heavy atom. The number of rotatable bonds is 8. The molecule has 0 amide bonds. The number of pyridine rings is 1. The Kier molecular flexibility index (Phi) is 6.65. The Balaban J connectivity index is 2.24. The number of hydrogen-bond acceptors (Lipinski definition) is 5. The van der Waals surface area contributed by atoms with Crippen LogP contribution in [0.4, 0.5) is 0 Å². The summed E-state index contributed by atoms with van der Waals surface area (Å²) in [5.41, 5.74) is 1.99. The van der Waals surface area contributed by atoms with E-state index in [1.54, 1.807) is 26.5 Å². The lowest BCUT2D eigenvalue weighted by Crippen LogP contribution is -2.26. The fraction of sp³-hybridized carbons (Fsp3) is 0.353. The van der Waals surface area contributed by atoms with Gasteiger partial charge >= 0.3 is 0 Å². The molecule has 1 aromatic carbocycles. The van der Waals surface area contributed by atoms with E-state index in [0.717, 1.165) is 11.1 Å². The van der Waals surface area contributed by atoms with E-state index in [1.807, 2.05) is 24.4 Å². The molecule has 0 saturated heterocycles. The molecule has 0 aliphatic rings. The first-order valence-electron chi connectivity index (χ1n) is 7.30. The van der Waals surface area contributed by atoms with Crippen molar-refractivity contribution in [2.24, 2.45) is 0 Å². The van der Waals surface area contributed by atoms with Gasteiger partial charge in [0, 0.05) is 48.7 Å². The van der Waals surface area contributed by atoms with Gasteiger partial charge in [0.15, 0.2) is 11.5 Å². The third-order valence-corrected chi connectivity index (χ3v) is 3.68. The second-order valence-corrected chi connectivity index (χ2v) is 5.53. The van der Waals surface area contributed by atoms with Gasteiger partial charge in [0.2, 0.25) is 0 Å². The van der Waals surface area contributed by atoms with Gasteiger partial charge in [-0.15, -0.1) is 0 Å². The Labute approximate surface area is 141 Å². The van der Waals surface area contributed by atoms with Crippen molar-refractivity contribution in [3.63, 3.8) is 0 Å². The number of benzene rings is 1. The Morgan fingerprint density at radius 2 is 2.04 bits per heavy atom. The SMILES string of the molecule is COc1cc(Cl)cc(CN(CCO)Cc2cccnc2)c1OC. The van der Waals surface area contributed by atoms with Crippen LogP contribution in [-0.2, 0) is 13.1 Å². The predicted octanol–water partition coefficient (Wildman–Crippen LogP) is 2.75. The molecule has 1 N–H and O–H groups in total. The molecule has 5 nitrogen and oxygen atoms in total. The number of aliphatic hydroxyl groups excluding tert-OH is 1. The lowest BCUT2D eigenvalue weighted by Gasteiger charge is -2.23. The Morgan fingerprint density at radius 1 is 1.22 bits per heavy atom. The van der Waals surface area contributed by atoms with Crippen LogP contribution in [0.1, 0.15) is 11.1 Å². The molecule has 0 aliphatic heterocycles. The quantitative estimate of drug-likeness (QED) is 0.803. The molecular formula is C17H21ClN2O3. The Hall–Kier alpha value is -1.82. The Bertz CT molecular complexity index is 623. The van der Waals surface area contributed by atoms with Gasteiger partial charge in [0.25, 0.3) is 0 Å². The molecule has 124 valence electrons. The zero-order valence-electron chi connectivity index (χ0n) is 13.3. The van der Waals surface area contributed by atoms with Crippen molar-refractivity contribution in [2.45, 2.75) is 13.1 Å². The van der Waals surface area contributed by atoms with Crippen molar-refractivity contribution < 1.29 is 14.6 Å². The van der Waals surface area contributed by atoms with Crippen molar-refractivity contribution in [1.29, 1.82) is 0 Å². The summed E-state index contributed by atoms with van der Waals surface area (Å²) >= 11 is 6.16. The molecule has 0 atom stereocenters. The van der Waals surface area contributed by atoms with E-state index in [4.69, 9.17) is 21.1 Å². The molecule has 2 aromatic rings. The molecule has 0 bridgehead atoms. The fourth-order valence-electron chi connectivity index (χ4n) is 2.47. The van der Waals surface area contributed by atoms with Gasteiger partial charge < -0.3 is 14.6 Å². The van der Waals surface area contributed by atoms with Crippen LogP contribution < -0.4 is 9.47 Å². The summed E-state index contributed by atoms with van der Waals surface area (Å²) in [5, 5.41) is 9.92. The minimum Gasteiger partial charge on any atom is -0.493 e. The number of aliphatic hydroxyl groups is 1. The highest BCUT2D eigenvalue weighted by Gasteiger charge is 2.15. The largest absolute Gasteiger partial charge is 0.493 e. The molecule has 0 fully saturated rings. The van der Waals surface area contributed by atoms with Crippen LogP contribution >= 0.6 is 11.6 Å². The normalized spacial score (nSPS) is 10.8. The molecule has 0 aliphatic carbocycles. The van der Waals surface area contributed by atoms with Gasteiger partial charge in [-0.3, -0.25) is 9.88 Å². The van der Waals surface area contributed by atoms with E-state index in [0.29, 0.717) is 36.2 Å². The number of ether oxygens (including phenoxy) is 2. The third kappa shape index (κ3) is 4.82. The zero-order valence-corrected chi connectivity index (χ0v) is 14.1. The molecule has 23 heavy (non-hydrogen) atoms. The zero-order chi connectivity index (χ0) is 16.7. The van der Waals surface area contributed by atoms with Crippen LogP contribution in [0.5, 0.6) is 11.5 Å². The molecular weight excluding hydrogens is 316 g/mol. The fourth-order valence-corrected chi connectivity index (χ4v) is 2.70. The highest BCUT2D eigenvalue weighted by molar-refractivity contribution is 6.30. The highest BCUT2D eigenvalue weighted by atomic mass is 35.5. The van der Waals surface area contributed by atoms with E-state index < -0.39 is 0 Å². The topological polar surface area (TPSA) is 54.8 Å². The number of aromatic nitrogens is 1. The van der Waals surface area contributed by atoms with Crippen molar-refractivity contribution in [3.8, 4) is 11.5 Å². The molecule has 0 radical (unpaired) electrons. The summed E-state index contributed by atoms with van der Waals surface area (Å²) in [4.78, 5) is 6.23. The van der Waals surface area contributed by atoms with Crippen LogP contribution in [0.25, 0.3) is 0 Å². The standard InChI is InChI=1S/C17H21ClN2O3/c1-22-16-9-15(18)8-14(17(16)23-2)12-20(6-7-21)11-13-4-3-5-19-10-13/h3-5,8-10,21H,6-7,11-12H2,1-2H3. The summed E-state index contributed by atoms with van der Waals surface area (Å²) in [6.45, 7) is 1.86. The van der Waals surface area contributed by atoms with Crippen LogP contribution in [0.3, 0.4) is 0 Å². The average molecular weight is 337 g/mol. The first kappa shape index (κ1) is 17.5. The van der Waals surface area contributed by atoms with Crippen molar-refractivity contribution in [1.82, 2.24) is 9.88 Å². The number of methoxy groups -OCH3 is 2. The average Bonchev–Trinajstić information content (AvgIpc) is 2.55. The lowest BCUT2D eigenvalue weighted by atomic mass is 10.1. The number of halogens is 1. The second kappa shape index (κ2) is 8.72. The predicted molar refractivity (Wildman–Crippen MR) is 90.0 cm³/mol. The summed E-state index contributed by atoms with van der Waals surface area (Å²) in [6.07, 6.45) is 3.56. The van der Waals surface area contributed by atoms with E-state index >= 15 is 0 Å². The molecule has 0 unspecified atom stereocenters. The number of hydrogen-bond donors (Lipinski definition) is 1. The minimum absolute atomic E-state index is 0.0697. The second-order valence-electron chi connectivity index (χ2n) is 5.10. The maximum Gasteiger partial charge on any atom is 0.165 e. The first-order valence-corrected chi connectivity index (χ1v) is 7.68. The molecule has 2 rings (SSSR count). The van der Waals surface area contributed by atoms with Crippen LogP contribution in [0.2, 0.25) is 5.02 Å². The maximum atomic E-state index is 9.34. The smallest absolute Gasteiger partial charge is 0.165 e. The minimum atomic E-state index is 0.0697. The van der Waals surface area contributed by atoms with E-state index in [9.17, 15) is 5.11 Å². The third-order valence-electron chi connectivity index (χ3n) is 3.46. The van der Waals surface area contributed by atoms with Gasteiger partial charge in [-0.2, -0.15) is 0 Å². The maximum absolute atomic E-state index is 9.34. The highest BCUT2D eigenvalue weighted by Crippen LogP contribution is 2.35. The van der Waals surface area contributed by atoms with Crippen molar-refractivity contribution in [3.05, 3.63) is 52.8 Å². The van der Waals surface area contributed by atoms with Gasteiger partial charge in [0.1, 0.15) is 0 Å². The molecule has 1 aromatic heterocycles. The van der Waals surface area contributed by atoms with Gasteiger partial charge in [-0.25, -0.2) is 0 Å². The van der Waals surface area contributed by atoms with Crippen LogP contribution in [-0.4, -0.2) is 42.4 Å². The van der Waals surface area contributed by atoms with Crippen molar-refractivity contribution in [2.75, 3.05) is 27.4 Å². The van der Waals surface area contributed by atoms with E-state index in [-0.39, 0.29) is 6.61 Å². The van der Waals surface area contributed by atoms with E-state index in [1.165, 1.54) is 0 Å². The monoisotopic (exact) mass is 336 g/mol.